The van der Waals surface area contributed by atoms with Gasteiger partial charge in [-0.1, -0.05) is 53.5 Å². The van der Waals surface area contributed by atoms with Crippen molar-refractivity contribution < 1.29 is 22.8 Å². The van der Waals surface area contributed by atoms with Gasteiger partial charge in [-0.15, -0.1) is 0 Å². The van der Waals surface area contributed by atoms with Gasteiger partial charge in [0.15, 0.2) is 0 Å². The van der Waals surface area contributed by atoms with Crippen LogP contribution in [0.4, 0.5) is 29.5 Å². The van der Waals surface area contributed by atoms with Gasteiger partial charge in [-0.05, 0) is 49.4 Å². The predicted octanol–water partition coefficient (Wildman–Crippen LogP) is 7.36. The molecule has 0 atom stereocenters. The molecule has 0 aliphatic heterocycles. The molecule has 2 N–H and O–H groups in total. The number of halogens is 5. The Kier molecular flexibility index (Phi) is 8.47. The van der Waals surface area contributed by atoms with E-state index in [-0.39, 0.29) is 18.8 Å². The second-order valence-corrected chi connectivity index (χ2v) is 9.17. The lowest BCUT2D eigenvalue weighted by molar-refractivity contribution is -0.137. The minimum Gasteiger partial charge on any atom is -0.315 e. The lowest BCUT2D eigenvalue weighted by Crippen LogP contribution is -2.40. The first-order chi connectivity index (χ1) is 18.5. The average Bonchev–Trinajstić information content (AvgIpc) is 3.32. The lowest BCUT2D eigenvalue weighted by Gasteiger charge is -2.21. The largest absolute Gasteiger partial charge is 0.416 e. The van der Waals surface area contributed by atoms with Crippen LogP contribution in [-0.4, -0.2) is 39.7 Å². The summed E-state index contributed by atoms with van der Waals surface area (Å²) in [5.74, 6) is -0.184. The van der Waals surface area contributed by atoms with E-state index in [9.17, 15) is 22.8 Å². The molecule has 0 saturated heterocycles. The van der Waals surface area contributed by atoms with Gasteiger partial charge in [-0.2, -0.15) is 18.3 Å². The quantitative estimate of drug-likeness (QED) is 0.241. The van der Waals surface area contributed by atoms with Crippen LogP contribution in [0.3, 0.4) is 0 Å². The van der Waals surface area contributed by atoms with Crippen molar-refractivity contribution in [1.82, 2.24) is 14.7 Å². The Bertz CT molecular complexity index is 1480. The smallest absolute Gasteiger partial charge is 0.315 e. The van der Waals surface area contributed by atoms with E-state index in [1.165, 1.54) is 9.58 Å². The first-order valence-corrected chi connectivity index (χ1v) is 12.4. The van der Waals surface area contributed by atoms with E-state index in [4.69, 9.17) is 23.2 Å². The van der Waals surface area contributed by atoms with Crippen molar-refractivity contribution in [2.45, 2.75) is 13.1 Å². The van der Waals surface area contributed by atoms with Crippen molar-refractivity contribution in [2.75, 3.05) is 23.7 Å². The molecule has 0 aliphatic rings. The summed E-state index contributed by atoms with van der Waals surface area (Å²) < 4.78 is 39.9. The molecule has 0 saturated carbocycles. The molecule has 202 valence electrons. The number of carbonyl (C=O) groups is 2. The Morgan fingerprint density at radius 1 is 0.923 bits per heavy atom. The second-order valence-electron chi connectivity index (χ2n) is 8.36. The number of likely N-dealkylation sites (N-methyl/N-ethyl adjacent to an activating group) is 1. The summed E-state index contributed by atoms with van der Waals surface area (Å²) in [5, 5.41) is 10.6. The van der Waals surface area contributed by atoms with Crippen molar-refractivity contribution in [3.63, 3.8) is 0 Å². The third kappa shape index (κ3) is 6.90. The number of anilines is 2. The minimum absolute atomic E-state index is 0.164. The number of hydrogen-bond acceptors (Lipinski definition) is 3. The SMILES string of the molecule is CCN(CC(=O)Nc1cc(-c2ccccc2)nn1-c1ccc(Cl)c(Cl)c1)C(=O)Nc1ccc(C(F)(F)F)cc1. The molecule has 12 heteroatoms. The van der Waals surface area contributed by atoms with E-state index < -0.39 is 23.7 Å². The summed E-state index contributed by atoms with van der Waals surface area (Å²) in [4.78, 5) is 26.9. The first kappa shape index (κ1) is 28.0. The highest BCUT2D eigenvalue weighted by atomic mass is 35.5. The fraction of sp³-hybridized carbons (Fsp3) is 0.148. The summed E-state index contributed by atoms with van der Waals surface area (Å²) in [5.41, 5.74) is 1.29. The van der Waals surface area contributed by atoms with Crippen LogP contribution in [-0.2, 0) is 11.0 Å². The summed E-state index contributed by atoms with van der Waals surface area (Å²) >= 11 is 12.3. The Balaban J connectivity index is 1.52. The number of hydrogen-bond donors (Lipinski definition) is 2. The number of urea groups is 1. The van der Waals surface area contributed by atoms with Gasteiger partial charge in [-0.3, -0.25) is 4.79 Å². The highest BCUT2D eigenvalue weighted by Crippen LogP contribution is 2.30. The summed E-state index contributed by atoms with van der Waals surface area (Å²) in [6, 6.07) is 19.3. The number of benzene rings is 3. The van der Waals surface area contributed by atoms with Crippen LogP contribution in [0.15, 0.2) is 78.9 Å². The summed E-state index contributed by atoms with van der Waals surface area (Å²) in [7, 11) is 0. The number of alkyl halides is 3. The molecule has 0 spiro atoms. The zero-order valence-electron chi connectivity index (χ0n) is 20.5. The second kappa shape index (κ2) is 11.8. The van der Waals surface area contributed by atoms with Crippen LogP contribution in [0.25, 0.3) is 16.9 Å². The summed E-state index contributed by atoms with van der Waals surface area (Å²) in [6.07, 6.45) is -4.49. The molecule has 39 heavy (non-hydrogen) atoms. The van der Waals surface area contributed by atoms with Crippen LogP contribution in [0.1, 0.15) is 12.5 Å². The van der Waals surface area contributed by atoms with Gasteiger partial charge < -0.3 is 15.5 Å². The van der Waals surface area contributed by atoms with Gasteiger partial charge in [0.05, 0.1) is 27.0 Å². The van der Waals surface area contributed by atoms with E-state index in [0.29, 0.717) is 27.2 Å². The van der Waals surface area contributed by atoms with Crippen LogP contribution in [0.2, 0.25) is 10.0 Å². The highest BCUT2D eigenvalue weighted by Gasteiger charge is 2.30. The van der Waals surface area contributed by atoms with Crippen LogP contribution in [0.5, 0.6) is 0 Å². The van der Waals surface area contributed by atoms with Gasteiger partial charge in [0.2, 0.25) is 5.91 Å². The topological polar surface area (TPSA) is 79.3 Å². The van der Waals surface area contributed by atoms with E-state index in [2.05, 4.69) is 15.7 Å². The fourth-order valence-electron chi connectivity index (χ4n) is 3.66. The van der Waals surface area contributed by atoms with E-state index in [1.807, 2.05) is 30.3 Å². The lowest BCUT2D eigenvalue weighted by atomic mass is 10.1. The molecule has 3 aromatic carbocycles. The molecule has 7 nitrogen and oxygen atoms in total. The fourth-order valence-corrected chi connectivity index (χ4v) is 3.95. The van der Waals surface area contributed by atoms with Gasteiger partial charge in [0, 0.05) is 23.9 Å². The van der Waals surface area contributed by atoms with Gasteiger partial charge >= 0.3 is 12.2 Å². The van der Waals surface area contributed by atoms with Gasteiger partial charge in [-0.25, -0.2) is 9.48 Å². The average molecular weight is 576 g/mol. The van der Waals surface area contributed by atoms with Crippen molar-refractivity contribution in [3.05, 3.63) is 94.5 Å². The van der Waals surface area contributed by atoms with Gasteiger partial charge in [0.25, 0.3) is 0 Å². The molecule has 0 radical (unpaired) electrons. The Hall–Kier alpha value is -4.02. The number of amides is 3. The highest BCUT2D eigenvalue weighted by molar-refractivity contribution is 6.42. The number of carbonyl (C=O) groups excluding carboxylic acids is 2. The molecule has 4 aromatic rings. The maximum atomic E-state index is 13.0. The minimum atomic E-state index is -4.49. The zero-order chi connectivity index (χ0) is 28.2. The van der Waals surface area contributed by atoms with Crippen LogP contribution < -0.4 is 10.6 Å². The molecule has 4 rings (SSSR count). The number of nitrogens with zero attached hydrogens (tertiary/aromatic N) is 3. The number of rotatable bonds is 7. The van der Waals surface area contributed by atoms with Crippen LogP contribution >= 0.6 is 23.2 Å². The third-order valence-electron chi connectivity index (χ3n) is 5.66. The van der Waals surface area contributed by atoms with Crippen molar-refractivity contribution >= 4 is 46.6 Å². The Labute approximate surface area is 232 Å². The molecular weight excluding hydrogens is 554 g/mol. The molecule has 1 heterocycles. The number of nitrogens with one attached hydrogen (secondary N) is 2. The van der Waals surface area contributed by atoms with E-state index >= 15 is 0 Å². The normalized spacial score (nSPS) is 11.2. The number of aromatic nitrogens is 2. The van der Waals surface area contributed by atoms with Crippen LogP contribution in [0, 0.1) is 0 Å². The standard InChI is InChI=1S/C27H22Cl2F3N5O2/c1-2-36(26(39)33-19-10-8-18(9-11-19)27(30,31)32)16-25(38)34-24-15-23(17-6-4-3-5-7-17)35-37(24)20-12-13-21(28)22(29)14-20/h3-15H,2,16H2,1H3,(H,33,39)(H,34,38). The third-order valence-corrected chi connectivity index (χ3v) is 6.40. The molecule has 1 aromatic heterocycles. The maximum absolute atomic E-state index is 13.0. The predicted molar refractivity (Wildman–Crippen MR) is 145 cm³/mol. The van der Waals surface area contributed by atoms with Gasteiger partial charge in [0.1, 0.15) is 12.4 Å². The maximum Gasteiger partial charge on any atom is 0.416 e. The van der Waals surface area contributed by atoms with Crippen molar-refractivity contribution in [3.8, 4) is 16.9 Å². The summed E-state index contributed by atoms with van der Waals surface area (Å²) in [6.45, 7) is 1.52. The van der Waals surface area contributed by atoms with E-state index in [0.717, 1.165) is 29.8 Å². The van der Waals surface area contributed by atoms with Crippen molar-refractivity contribution in [2.24, 2.45) is 0 Å². The molecule has 0 aliphatic carbocycles. The monoisotopic (exact) mass is 575 g/mol. The molecule has 0 unspecified atom stereocenters. The Morgan fingerprint density at radius 2 is 1.62 bits per heavy atom. The Morgan fingerprint density at radius 3 is 2.23 bits per heavy atom. The van der Waals surface area contributed by atoms with Crippen molar-refractivity contribution in [1.29, 1.82) is 0 Å². The van der Waals surface area contributed by atoms with E-state index in [1.54, 1.807) is 31.2 Å². The molecule has 3 amide bonds. The first-order valence-electron chi connectivity index (χ1n) is 11.7. The molecular formula is C27H22Cl2F3N5O2. The molecule has 0 fully saturated rings. The molecule has 0 bridgehead atoms. The zero-order valence-corrected chi connectivity index (χ0v) is 22.0.